The van der Waals surface area contributed by atoms with Crippen LogP contribution in [0.5, 0.6) is 5.75 Å². The Morgan fingerprint density at radius 3 is 2.43 bits per heavy atom. The van der Waals surface area contributed by atoms with Crippen LogP contribution in [0, 0.1) is 6.92 Å². The van der Waals surface area contributed by atoms with Gasteiger partial charge in [-0.1, -0.05) is 48.9 Å². The summed E-state index contributed by atoms with van der Waals surface area (Å²) in [6.07, 6.45) is 0.497. The Hall–Kier alpha value is -2.53. The van der Waals surface area contributed by atoms with Crippen LogP contribution < -0.4 is 10.1 Å². The summed E-state index contributed by atoms with van der Waals surface area (Å²) in [7, 11) is 0. The standard InChI is InChI=1S/C24H31ClN2O3/c1-6-21(23(29)26-24(3,4)5)27(15-18-11-8-7-10-17(18)2)22(28)16-30-20-13-9-12-19(25)14-20/h7-14,21H,6,15-16H2,1-5H3,(H,26,29). The van der Waals surface area contributed by atoms with Gasteiger partial charge in [0.1, 0.15) is 11.8 Å². The van der Waals surface area contributed by atoms with Gasteiger partial charge in [-0.3, -0.25) is 9.59 Å². The maximum absolute atomic E-state index is 13.2. The van der Waals surface area contributed by atoms with Crippen molar-refractivity contribution in [3.63, 3.8) is 0 Å². The highest BCUT2D eigenvalue weighted by molar-refractivity contribution is 6.30. The van der Waals surface area contributed by atoms with E-state index in [-0.39, 0.29) is 24.0 Å². The van der Waals surface area contributed by atoms with Crippen LogP contribution in [0.3, 0.4) is 0 Å². The van der Waals surface area contributed by atoms with Crippen LogP contribution in [0.2, 0.25) is 5.02 Å². The molecule has 6 heteroatoms. The van der Waals surface area contributed by atoms with Crippen molar-refractivity contribution in [2.75, 3.05) is 6.61 Å². The summed E-state index contributed by atoms with van der Waals surface area (Å²) in [5.74, 6) is 0.0858. The average molecular weight is 431 g/mol. The van der Waals surface area contributed by atoms with Crippen LogP contribution in [0.25, 0.3) is 0 Å². The van der Waals surface area contributed by atoms with Crippen molar-refractivity contribution < 1.29 is 14.3 Å². The Bertz CT molecular complexity index is 877. The van der Waals surface area contributed by atoms with Gasteiger partial charge >= 0.3 is 0 Å². The lowest BCUT2D eigenvalue weighted by Crippen LogP contribution is -2.54. The molecule has 0 saturated carbocycles. The number of halogens is 1. The van der Waals surface area contributed by atoms with Crippen molar-refractivity contribution >= 4 is 23.4 Å². The summed E-state index contributed by atoms with van der Waals surface area (Å²) < 4.78 is 5.67. The number of hydrogen-bond donors (Lipinski definition) is 1. The predicted octanol–water partition coefficient (Wildman–Crippen LogP) is 4.75. The third-order valence-electron chi connectivity index (χ3n) is 4.64. The molecule has 1 N–H and O–H groups in total. The molecule has 5 nitrogen and oxygen atoms in total. The fourth-order valence-corrected chi connectivity index (χ4v) is 3.31. The molecule has 1 atom stereocenters. The first-order valence-corrected chi connectivity index (χ1v) is 10.5. The lowest BCUT2D eigenvalue weighted by molar-refractivity contribution is -0.143. The number of carbonyl (C=O) groups is 2. The Kier molecular flexibility index (Phi) is 8.30. The van der Waals surface area contributed by atoms with Gasteiger partial charge in [0, 0.05) is 17.1 Å². The third-order valence-corrected chi connectivity index (χ3v) is 4.88. The molecule has 1 unspecified atom stereocenters. The summed E-state index contributed by atoms with van der Waals surface area (Å²) in [6.45, 7) is 9.83. The highest BCUT2D eigenvalue weighted by atomic mass is 35.5. The van der Waals surface area contributed by atoms with E-state index in [9.17, 15) is 9.59 Å². The van der Waals surface area contributed by atoms with Gasteiger partial charge in [-0.05, 0) is 63.4 Å². The van der Waals surface area contributed by atoms with E-state index in [0.717, 1.165) is 11.1 Å². The van der Waals surface area contributed by atoms with Gasteiger partial charge < -0.3 is 15.0 Å². The Morgan fingerprint density at radius 1 is 1.13 bits per heavy atom. The van der Waals surface area contributed by atoms with Gasteiger partial charge in [0.25, 0.3) is 5.91 Å². The van der Waals surface area contributed by atoms with E-state index in [2.05, 4.69) is 5.32 Å². The van der Waals surface area contributed by atoms with Gasteiger partial charge in [-0.15, -0.1) is 0 Å². The van der Waals surface area contributed by atoms with Crippen molar-refractivity contribution in [2.45, 2.75) is 59.2 Å². The van der Waals surface area contributed by atoms with E-state index in [1.54, 1.807) is 29.2 Å². The first-order chi connectivity index (χ1) is 14.1. The number of amides is 2. The maximum Gasteiger partial charge on any atom is 0.261 e. The van der Waals surface area contributed by atoms with Crippen molar-refractivity contribution in [3.05, 3.63) is 64.7 Å². The number of ether oxygens (including phenoxy) is 1. The van der Waals surface area contributed by atoms with Crippen molar-refractivity contribution in [1.82, 2.24) is 10.2 Å². The Balaban J connectivity index is 2.25. The van der Waals surface area contributed by atoms with Gasteiger partial charge in [0.2, 0.25) is 5.91 Å². The fourth-order valence-electron chi connectivity index (χ4n) is 3.13. The molecule has 2 rings (SSSR count). The van der Waals surface area contributed by atoms with Crippen LogP contribution in [-0.4, -0.2) is 34.9 Å². The van der Waals surface area contributed by atoms with E-state index in [4.69, 9.17) is 16.3 Å². The van der Waals surface area contributed by atoms with Gasteiger partial charge in [0.15, 0.2) is 6.61 Å². The van der Waals surface area contributed by atoms with E-state index in [1.807, 2.05) is 58.9 Å². The molecule has 0 aliphatic carbocycles. The van der Waals surface area contributed by atoms with Gasteiger partial charge in [-0.2, -0.15) is 0 Å². The fraction of sp³-hybridized carbons (Fsp3) is 0.417. The molecule has 0 heterocycles. The quantitative estimate of drug-likeness (QED) is 0.657. The highest BCUT2D eigenvalue weighted by Gasteiger charge is 2.31. The molecule has 2 aromatic rings. The summed E-state index contributed by atoms with van der Waals surface area (Å²) in [5.41, 5.74) is 1.67. The number of benzene rings is 2. The largest absolute Gasteiger partial charge is 0.484 e. The molecule has 162 valence electrons. The molecule has 2 aromatic carbocycles. The lowest BCUT2D eigenvalue weighted by Gasteiger charge is -2.33. The number of aryl methyl sites for hydroxylation is 1. The van der Waals surface area contributed by atoms with Crippen LogP contribution in [0.1, 0.15) is 45.2 Å². The van der Waals surface area contributed by atoms with Crippen molar-refractivity contribution in [3.8, 4) is 5.75 Å². The van der Waals surface area contributed by atoms with E-state index in [0.29, 0.717) is 23.7 Å². The number of nitrogens with zero attached hydrogens (tertiary/aromatic N) is 1. The minimum atomic E-state index is -0.598. The van der Waals surface area contributed by atoms with Crippen LogP contribution in [-0.2, 0) is 16.1 Å². The molecular formula is C24H31ClN2O3. The second-order valence-corrected chi connectivity index (χ2v) is 8.79. The summed E-state index contributed by atoms with van der Waals surface area (Å²) in [6, 6.07) is 14.2. The molecule has 0 bridgehead atoms. The van der Waals surface area contributed by atoms with Gasteiger partial charge in [-0.25, -0.2) is 0 Å². The zero-order valence-corrected chi connectivity index (χ0v) is 19.1. The topological polar surface area (TPSA) is 58.6 Å². The highest BCUT2D eigenvalue weighted by Crippen LogP contribution is 2.19. The van der Waals surface area contributed by atoms with Gasteiger partial charge in [0.05, 0.1) is 0 Å². The Morgan fingerprint density at radius 2 is 1.83 bits per heavy atom. The Labute approximate surface area is 184 Å². The molecule has 0 spiro atoms. The zero-order chi connectivity index (χ0) is 22.3. The van der Waals surface area contributed by atoms with Crippen LogP contribution >= 0.6 is 11.6 Å². The number of nitrogens with one attached hydrogen (secondary N) is 1. The monoisotopic (exact) mass is 430 g/mol. The minimum absolute atomic E-state index is 0.172. The van der Waals surface area contributed by atoms with E-state index >= 15 is 0 Å². The van der Waals surface area contributed by atoms with Crippen molar-refractivity contribution in [1.29, 1.82) is 0 Å². The molecule has 0 aliphatic rings. The van der Waals surface area contributed by atoms with Crippen molar-refractivity contribution in [2.24, 2.45) is 0 Å². The molecule has 0 radical (unpaired) electrons. The minimum Gasteiger partial charge on any atom is -0.484 e. The molecular weight excluding hydrogens is 400 g/mol. The summed E-state index contributed by atoms with van der Waals surface area (Å²) in [4.78, 5) is 27.7. The lowest BCUT2D eigenvalue weighted by atomic mass is 10.0. The summed E-state index contributed by atoms with van der Waals surface area (Å²) >= 11 is 6.00. The number of rotatable bonds is 8. The summed E-state index contributed by atoms with van der Waals surface area (Å²) in [5, 5.41) is 3.53. The number of hydrogen-bond acceptors (Lipinski definition) is 3. The molecule has 0 aromatic heterocycles. The third kappa shape index (κ3) is 7.06. The van der Waals surface area contributed by atoms with Crippen LogP contribution in [0.15, 0.2) is 48.5 Å². The first-order valence-electron chi connectivity index (χ1n) is 10.1. The SMILES string of the molecule is CCC(C(=O)NC(C)(C)C)N(Cc1ccccc1C)C(=O)COc1cccc(Cl)c1. The normalized spacial score (nSPS) is 12.2. The number of carbonyl (C=O) groups excluding carboxylic acids is 2. The molecule has 0 fully saturated rings. The molecule has 0 saturated heterocycles. The maximum atomic E-state index is 13.2. The zero-order valence-electron chi connectivity index (χ0n) is 18.4. The molecule has 0 aliphatic heterocycles. The van der Waals surface area contributed by atoms with Crippen LogP contribution in [0.4, 0.5) is 0 Å². The van der Waals surface area contributed by atoms with E-state index < -0.39 is 6.04 Å². The smallest absolute Gasteiger partial charge is 0.261 e. The molecule has 30 heavy (non-hydrogen) atoms. The van der Waals surface area contributed by atoms with E-state index in [1.165, 1.54) is 0 Å². The average Bonchev–Trinajstić information content (AvgIpc) is 2.66. The second-order valence-electron chi connectivity index (χ2n) is 8.36. The first kappa shape index (κ1) is 23.7. The predicted molar refractivity (Wildman–Crippen MR) is 121 cm³/mol. The second kappa shape index (κ2) is 10.5. The molecule has 2 amide bonds.